The topological polar surface area (TPSA) is 59.0 Å². The van der Waals surface area contributed by atoms with Crippen molar-refractivity contribution in [2.24, 2.45) is 5.92 Å². The monoisotopic (exact) mass is 345 g/mol. The van der Waals surface area contributed by atoms with Crippen LogP contribution in [0.25, 0.3) is 0 Å². The van der Waals surface area contributed by atoms with E-state index in [4.69, 9.17) is 9.47 Å². The van der Waals surface area contributed by atoms with Crippen LogP contribution in [-0.2, 0) is 22.4 Å². The van der Waals surface area contributed by atoms with E-state index in [1.807, 2.05) is 11.0 Å². The van der Waals surface area contributed by atoms with Gasteiger partial charge in [0.05, 0.1) is 25.4 Å². The van der Waals surface area contributed by atoms with Crippen molar-refractivity contribution in [3.8, 4) is 5.75 Å². The Kier molecular flexibility index (Phi) is 4.95. The number of nitrogens with zero attached hydrogens (tertiary/aromatic N) is 1. The first-order valence-electron chi connectivity index (χ1n) is 9.52. The summed E-state index contributed by atoms with van der Waals surface area (Å²) in [6.07, 6.45) is 5.95. The number of amides is 1. The van der Waals surface area contributed by atoms with E-state index >= 15 is 0 Å². The van der Waals surface area contributed by atoms with Gasteiger partial charge in [0.15, 0.2) is 6.61 Å². The predicted octanol–water partition coefficient (Wildman–Crippen LogP) is 1.94. The second-order valence-corrected chi connectivity index (χ2v) is 7.46. The first kappa shape index (κ1) is 16.9. The summed E-state index contributed by atoms with van der Waals surface area (Å²) < 4.78 is 11.4. The largest absolute Gasteiger partial charge is 0.484 e. The number of carbonyl (C=O) groups excluding carboxylic acids is 1. The van der Waals surface area contributed by atoms with Gasteiger partial charge < -0.3 is 19.5 Å². The van der Waals surface area contributed by atoms with Crippen LogP contribution in [0.1, 0.15) is 36.8 Å². The highest BCUT2D eigenvalue weighted by atomic mass is 16.5. The Labute approximate surface area is 148 Å². The minimum atomic E-state index is -0.320. The number of aliphatic hydroxyl groups is 1. The summed E-state index contributed by atoms with van der Waals surface area (Å²) in [5.41, 5.74) is 2.76. The maximum Gasteiger partial charge on any atom is 0.260 e. The molecule has 4 rings (SSSR count). The molecule has 25 heavy (non-hydrogen) atoms. The minimum Gasteiger partial charge on any atom is -0.484 e. The number of fused-ring (bicyclic) bond motifs is 1. The zero-order valence-corrected chi connectivity index (χ0v) is 14.7. The molecule has 0 radical (unpaired) electrons. The molecule has 5 nitrogen and oxygen atoms in total. The normalized spacial score (nSPS) is 28.8. The smallest absolute Gasteiger partial charge is 0.260 e. The fourth-order valence-corrected chi connectivity index (χ4v) is 4.57. The van der Waals surface area contributed by atoms with E-state index in [2.05, 4.69) is 12.1 Å². The van der Waals surface area contributed by atoms with E-state index in [-0.39, 0.29) is 30.6 Å². The number of carbonyl (C=O) groups is 1. The molecule has 5 heteroatoms. The maximum atomic E-state index is 12.7. The van der Waals surface area contributed by atoms with Crippen molar-refractivity contribution in [1.82, 2.24) is 4.90 Å². The average molecular weight is 345 g/mol. The molecule has 2 aliphatic carbocycles. The van der Waals surface area contributed by atoms with Gasteiger partial charge >= 0.3 is 0 Å². The zero-order chi connectivity index (χ0) is 17.2. The van der Waals surface area contributed by atoms with E-state index < -0.39 is 0 Å². The molecule has 1 heterocycles. The van der Waals surface area contributed by atoms with Gasteiger partial charge in [-0.2, -0.15) is 0 Å². The number of aryl methyl sites for hydroxylation is 2. The molecule has 1 aromatic carbocycles. The van der Waals surface area contributed by atoms with Crippen LogP contribution in [0.2, 0.25) is 0 Å². The van der Waals surface area contributed by atoms with Gasteiger partial charge in [0.25, 0.3) is 5.91 Å². The molecule has 0 bridgehead atoms. The molecule has 3 aliphatic rings. The van der Waals surface area contributed by atoms with Crippen molar-refractivity contribution in [1.29, 1.82) is 0 Å². The van der Waals surface area contributed by atoms with Crippen LogP contribution in [0.15, 0.2) is 18.2 Å². The lowest BCUT2D eigenvalue weighted by molar-refractivity contribution is -0.146. The Morgan fingerprint density at radius 2 is 2.12 bits per heavy atom. The van der Waals surface area contributed by atoms with E-state index in [1.54, 1.807) is 0 Å². The number of benzene rings is 1. The van der Waals surface area contributed by atoms with Crippen molar-refractivity contribution in [3.05, 3.63) is 29.3 Å². The summed E-state index contributed by atoms with van der Waals surface area (Å²) in [5.74, 6) is 0.900. The first-order valence-corrected chi connectivity index (χ1v) is 9.52. The average Bonchev–Trinajstić information content (AvgIpc) is 3.27. The van der Waals surface area contributed by atoms with Gasteiger partial charge in [-0.05, 0) is 55.4 Å². The predicted molar refractivity (Wildman–Crippen MR) is 93.6 cm³/mol. The Morgan fingerprint density at radius 3 is 2.96 bits per heavy atom. The first-order chi connectivity index (χ1) is 12.2. The van der Waals surface area contributed by atoms with Gasteiger partial charge in [-0.15, -0.1) is 0 Å². The lowest BCUT2D eigenvalue weighted by Gasteiger charge is -2.40. The van der Waals surface area contributed by atoms with Gasteiger partial charge in [0, 0.05) is 12.5 Å². The maximum absolute atomic E-state index is 12.7. The third-order valence-corrected chi connectivity index (χ3v) is 5.94. The van der Waals surface area contributed by atoms with Crippen LogP contribution < -0.4 is 4.74 Å². The molecular formula is C20H27NO4. The van der Waals surface area contributed by atoms with E-state index in [9.17, 15) is 9.90 Å². The molecule has 1 aromatic rings. The molecule has 1 N–H and O–H groups in total. The SMILES string of the molecule is O=C(COc1ccc2c(c1)CCC2)N1CCOC[C@@H]1[C@@H]1CCC[C@H]1O. The third-order valence-electron chi connectivity index (χ3n) is 5.94. The van der Waals surface area contributed by atoms with Gasteiger partial charge in [-0.3, -0.25) is 4.79 Å². The van der Waals surface area contributed by atoms with E-state index in [0.29, 0.717) is 19.8 Å². The fourth-order valence-electron chi connectivity index (χ4n) is 4.57. The van der Waals surface area contributed by atoms with Crippen molar-refractivity contribution < 1.29 is 19.4 Å². The summed E-state index contributed by atoms with van der Waals surface area (Å²) in [7, 11) is 0. The van der Waals surface area contributed by atoms with Crippen LogP contribution in [0.5, 0.6) is 5.75 Å². The highest BCUT2D eigenvalue weighted by Gasteiger charge is 2.39. The van der Waals surface area contributed by atoms with Gasteiger partial charge in [0.2, 0.25) is 0 Å². The zero-order valence-electron chi connectivity index (χ0n) is 14.7. The summed E-state index contributed by atoms with van der Waals surface area (Å²) in [5, 5.41) is 10.2. The Hall–Kier alpha value is -1.59. The Morgan fingerprint density at radius 1 is 1.24 bits per heavy atom. The number of morpholine rings is 1. The second-order valence-electron chi connectivity index (χ2n) is 7.46. The van der Waals surface area contributed by atoms with E-state index in [0.717, 1.165) is 37.9 Å². The van der Waals surface area contributed by atoms with Crippen LogP contribution in [-0.4, -0.2) is 54.4 Å². The molecule has 0 unspecified atom stereocenters. The molecule has 0 spiro atoms. The van der Waals surface area contributed by atoms with Crippen molar-refractivity contribution in [3.63, 3.8) is 0 Å². The third kappa shape index (κ3) is 3.53. The van der Waals surface area contributed by atoms with Crippen LogP contribution in [0.4, 0.5) is 0 Å². The number of hydrogen-bond acceptors (Lipinski definition) is 4. The quantitative estimate of drug-likeness (QED) is 0.906. The summed E-state index contributed by atoms with van der Waals surface area (Å²) in [4.78, 5) is 14.6. The number of hydrogen-bond donors (Lipinski definition) is 1. The molecule has 1 saturated carbocycles. The van der Waals surface area contributed by atoms with Crippen molar-refractivity contribution >= 4 is 5.91 Å². The molecule has 3 atom stereocenters. The van der Waals surface area contributed by atoms with E-state index in [1.165, 1.54) is 17.5 Å². The Bertz CT molecular complexity index is 632. The van der Waals surface area contributed by atoms with Crippen molar-refractivity contribution in [2.75, 3.05) is 26.4 Å². The van der Waals surface area contributed by atoms with Gasteiger partial charge in [-0.1, -0.05) is 12.5 Å². The summed E-state index contributed by atoms with van der Waals surface area (Å²) in [6.45, 7) is 1.72. The number of rotatable bonds is 4. The highest BCUT2D eigenvalue weighted by molar-refractivity contribution is 5.78. The molecule has 136 valence electrons. The number of ether oxygens (including phenoxy) is 2. The Balaban J connectivity index is 1.39. The van der Waals surface area contributed by atoms with Crippen LogP contribution in [0, 0.1) is 5.92 Å². The van der Waals surface area contributed by atoms with Gasteiger partial charge in [-0.25, -0.2) is 0 Å². The van der Waals surface area contributed by atoms with Crippen LogP contribution >= 0.6 is 0 Å². The fraction of sp³-hybridized carbons (Fsp3) is 0.650. The molecule has 2 fully saturated rings. The molecule has 1 aliphatic heterocycles. The molecule has 0 aromatic heterocycles. The molecule has 1 saturated heterocycles. The molecular weight excluding hydrogens is 318 g/mol. The molecule has 1 amide bonds. The summed E-state index contributed by atoms with van der Waals surface area (Å²) >= 11 is 0. The van der Waals surface area contributed by atoms with Gasteiger partial charge in [0.1, 0.15) is 5.75 Å². The standard InChI is InChI=1S/C20H27NO4/c22-19-6-2-5-17(19)18-12-24-10-9-21(18)20(23)13-25-16-8-7-14-3-1-4-15(14)11-16/h7-8,11,17-19,22H,1-6,9-10,12-13H2/t17-,18+,19+/m0/s1. The van der Waals surface area contributed by atoms with Crippen LogP contribution in [0.3, 0.4) is 0 Å². The van der Waals surface area contributed by atoms with Crippen molar-refractivity contribution in [2.45, 2.75) is 50.7 Å². The highest BCUT2D eigenvalue weighted by Crippen LogP contribution is 2.32. The summed E-state index contributed by atoms with van der Waals surface area (Å²) in [6, 6.07) is 6.14. The minimum absolute atomic E-state index is 0.00658. The number of aliphatic hydroxyl groups excluding tert-OH is 1. The lowest BCUT2D eigenvalue weighted by atomic mass is 9.94. The second kappa shape index (κ2) is 7.34. The lowest BCUT2D eigenvalue weighted by Crippen LogP contribution is -2.54.